The number of hydrogen-bond acceptors (Lipinski definition) is 7. The third-order valence-electron chi connectivity index (χ3n) is 7.34. The third-order valence-corrected chi connectivity index (χ3v) is 7.58. The summed E-state index contributed by atoms with van der Waals surface area (Å²) in [6.45, 7) is 3.85. The van der Waals surface area contributed by atoms with E-state index in [4.69, 9.17) is 26.4 Å². The highest BCUT2D eigenvalue weighted by Gasteiger charge is 2.33. The summed E-state index contributed by atoms with van der Waals surface area (Å²) in [5.41, 5.74) is 3.15. The molecule has 1 N–H and O–H groups in total. The van der Waals surface area contributed by atoms with Gasteiger partial charge in [-0.3, -0.25) is 4.79 Å². The highest BCUT2D eigenvalue weighted by atomic mass is 35.5. The first-order valence-corrected chi connectivity index (χ1v) is 13.1. The number of anilines is 1. The zero-order valence-electron chi connectivity index (χ0n) is 20.4. The zero-order chi connectivity index (χ0) is 24.8. The van der Waals surface area contributed by atoms with Crippen molar-refractivity contribution in [2.24, 2.45) is 0 Å². The molecule has 3 aromatic rings. The molecule has 0 unspecified atom stereocenters. The number of nitrogens with zero attached hydrogens (tertiary/aromatic N) is 6. The van der Waals surface area contributed by atoms with Crippen molar-refractivity contribution in [1.29, 1.82) is 0 Å². The second kappa shape index (κ2) is 9.53. The number of β-amino-alcohol motifs (C(OH)–C–C–N with tert-alkyl or cyclic N) is 1. The van der Waals surface area contributed by atoms with E-state index in [2.05, 4.69) is 22.9 Å². The van der Waals surface area contributed by atoms with Crippen molar-refractivity contribution in [1.82, 2.24) is 24.4 Å². The maximum Gasteiger partial charge on any atom is 0.258 e. The van der Waals surface area contributed by atoms with Crippen LogP contribution < -0.4 is 9.64 Å². The van der Waals surface area contributed by atoms with E-state index in [0.29, 0.717) is 49.1 Å². The van der Waals surface area contributed by atoms with Crippen molar-refractivity contribution in [3.05, 3.63) is 52.3 Å². The minimum absolute atomic E-state index is 0.0790. The lowest BCUT2D eigenvalue weighted by molar-refractivity contribution is 0.0601. The van der Waals surface area contributed by atoms with Gasteiger partial charge in [0.05, 0.1) is 35.7 Å². The monoisotopic (exact) mass is 510 g/mol. The fraction of sp³-hybridized carbons (Fsp3) is 0.500. The summed E-state index contributed by atoms with van der Waals surface area (Å²) in [4.78, 5) is 25.0. The second-order valence-electron chi connectivity index (χ2n) is 10.1. The lowest BCUT2D eigenvalue weighted by Crippen LogP contribution is -2.51. The average Bonchev–Trinajstić information content (AvgIpc) is 3.29. The Morgan fingerprint density at radius 1 is 1.11 bits per heavy atom. The first-order chi connectivity index (χ1) is 17.5. The molecule has 190 valence electrons. The van der Waals surface area contributed by atoms with E-state index in [1.54, 1.807) is 18.2 Å². The normalized spacial score (nSPS) is 22.0. The number of halogens is 1. The molecule has 2 bridgehead atoms. The molecule has 1 atom stereocenters. The van der Waals surface area contributed by atoms with Crippen LogP contribution in [0.1, 0.15) is 53.5 Å². The van der Waals surface area contributed by atoms with Crippen LogP contribution in [-0.2, 0) is 6.54 Å². The summed E-state index contributed by atoms with van der Waals surface area (Å²) in [5, 5.41) is 15.3. The maximum absolute atomic E-state index is 13.9. The average molecular weight is 511 g/mol. The van der Waals surface area contributed by atoms with Gasteiger partial charge < -0.3 is 24.5 Å². The number of amides is 1. The van der Waals surface area contributed by atoms with Crippen LogP contribution in [0.4, 0.5) is 5.82 Å². The van der Waals surface area contributed by atoms with E-state index in [1.165, 1.54) is 0 Å². The van der Waals surface area contributed by atoms with E-state index >= 15 is 0 Å². The molecule has 0 radical (unpaired) electrons. The number of carbonyl (C=O) groups is 1. The summed E-state index contributed by atoms with van der Waals surface area (Å²) in [6.07, 6.45) is 3.32. The quantitative estimate of drug-likeness (QED) is 0.538. The lowest BCUT2D eigenvalue weighted by Gasteiger charge is -2.37. The maximum atomic E-state index is 13.9. The van der Waals surface area contributed by atoms with E-state index in [9.17, 15) is 9.90 Å². The van der Waals surface area contributed by atoms with Gasteiger partial charge in [0.25, 0.3) is 5.91 Å². The number of aliphatic hydroxyl groups excluding tert-OH is 1. The summed E-state index contributed by atoms with van der Waals surface area (Å²) in [7, 11) is 2.09. The Labute approximate surface area is 215 Å². The first kappa shape index (κ1) is 23.5. The molecule has 5 heterocycles. The fourth-order valence-electron chi connectivity index (χ4n) is 5.42. The van der Waals surface area contributed by atoms with Crippen molar-refractivity contribution in [3.63, 3.8) is 0 Å². The number of aromatic nitrogens is 3. The van der Waals surface area contributed by atoms with E-state index in [1.807, 2.05) is 15.5 Å². The van der Waals surface area contributed by atoms with Crippen LogP contribution in [0.2, 0.25) is 5.02 Å². The van der Waals surface area contributed by atoms with E-state index in [-0.39, 0.29) is 18.1 Å². The number of ether oxygens (including phenoxy) is 1. The van der Waals surface area contributed by atoms with Crippen molar-refractivity contribution in [2.75, 3.05) is 44.7 Å². The summed E-state index contributed by atoms with van der Waals surface area (Å²) >= 11 is 6.31. The second-order valence-corrected chi connectivity index (χ2v) is 10.5. The largest absolute Gasteiger partial charge is 0.493 e. The topological polar surface area (TPSA) is 86.4 Å². The predicted molar refractivity (Wildman–Crippen MR) is 137 cm³/mol. The first-order valence-electron chi connectivity index (χ1n) is 12.7. The Bertz CT molecular complexity index is 1290. The Morgan fingerprint density at radius 3 is 2.81 bits per heavy atom. The van der Waals surface area contributed by atoms with Gasteiger partial charge in [0.1, 0.15) is 11.6 Å². The number of carbonyl (C=O) groups excluding carboxylic acids is 1. The Morgan fingerprint density at radius 2 is 1.97 bits per heavy atom. The van der Waals surface area contributed by atoms with Gasteiger partial charge in [-0.15, -0.1) is 0 Å². The number of hydrogen-bond donors (Lipinski definition) is 1. The minimum Gasteiger partial charge on any atom is -0.493 e. The molecule has 2 fully saturated rings. The van der Waals surface area contributed by atoms with Crippen LogP contribution in [0.15, 0.2) is 30.3 Å². The number of piperidine rings is 1. The molecular formula is C26H31ClN6O3. The van der Waals surface area contributed by atoms with Crippen LogP contribution in [-0.4, -0.2) is 81.3 Å². The number of aliphatic hydroxyl groups is 1. The Balaban J connectivity index is 1.45. The van der Waals surface area contributed by atoms with Crippen molar-refractivity contribution in [3.8, 4) is 5.75 Å². The van der Waals surface area contributed by atoms with Gasteiger partial charge in [-0.25, -0.2) is 9.50 Å². The summed E-state index contributed by atoms with van der Waals surface area (Å²) in [5.74, 6) is 1.35. The van der Waals surface area contributed by atoms with Crippen molar-refractivity contribution < 1.29 is 14.6 Å². The zero-order valence-corrected chi connectivity index (χ0v) is 21.2. The third kappa shape index (κ3) is 4.40. The van der Waals surface area contributed by atoms with E-state index < -0.39 is 0 Å². The molecular weight excluding hydrogens is 480 g/mol. The van der Waals surface area contributed by atoms with Crippen LogP contribution in [0, 0.1) is 0 Å². The standard InChI is InChI=1S/C26H31ClN6O3/c1-30-8-4-10-36-23-7-6-17(27)11-20(23)26(35)32-9-3-2-5-22(32)21-13-25-28-24(31-15-19(34)16-31)12-18(14-30)33(25)29-21/h6-7,11-13,19,22,34H,2-5,8-10,14-16H2,1H3/t22-/m0/s1. The molecule has 0 aliphatic carbocycles. The molecule has 0 spiro atoms. The molecule has 9 nitrogen and oxygen atoms in total. The van der Waals surface area contributed by atoms with Crippen LogP contribution >= 0.6 is 11.6 Å². The van der Waals surface area contributed by atoms with Gasteiger partial charge in [0.15, 0.2) is 5.65 Å². The number of fused-ring (bicyclic) bond motifs is 4. The van der Waals surface area contributed by atoms with Crippen molar-refractivity contribution in [2.45, 2.75) is 44.4 Å². The molecule has 6 rings (SSSR count). The molecule has 3 aliphatic heterocycles. The highest BCUT2D eigenvalue weighted by Crippen LogP contribution is 2.35. The molecule has 1 amide bonds. The van der Waals surface area contributed by atoms with Gasteiger partial charge >= 0.3 is 0 Å². The van der Waals surface area contributed by atoms with Gasteiger partial charge in [-0.05, 0) is 50.9 Å². The van der Waals surface area contributed by atoms with Crippen molar-refractivity contribution >= 4 is 29.0 Å². The molecule has 2 aromatic heterocycles. The molecule has 2 saturated heterocycles. The van der Waals surface area contributed by atoms with Crippen LogP contribution in [0.3, 0.4) is 0 Å². The van der Waals surface area contributed by atoms with E-state index in [0.717, 1.165) is 55.1 Å². The number of benzene rings is 1. The Kier molecular flexibility index (Phi) is 6.23. The fourth-order valence-corrected chi connectivity index (χ4v) is 5.60. The summed E-state index contributed by atoms with van der Waals surface area (Å²) < 4.78 is 8.01. The van der Waals surface area contributed by atoms with Gasteiger partial charge in [-0.2, -0.15) is 5.10 Å². The highest BCUT2D eigenvalue weighted by molar-refractivity contribution is 6.31. The SMILES string of the molecule is CN1CCCOc2ccc(Cl)cc2C(=O)N2CCCC[C@H]2c2cc3nc(N4CC(O)C4)cc(n3n2)C1. The van der Waals surface area contributed by atoms with Crippen LogP contribution in [0.5, 0.6) is 5.75 Å². The molecule has 0 saturated carbocycles. The van der Waals surface area contributed by atoms with Crippen LogP contribution in [0.25, 0.3) is 5.65 Å². The molecule has 1 aromatic carbocycles. The Hall–Kier alpha value is -2.88. The number of rotatable bonds is 1. The summed E-state index contributed by atoms with van der Waals surface area (Å²) in [6, 6.07) is 9.22. The van der Waals surface area contributed by atoms with Gasteiger partial charge in [-0.1, -0.05) is 11.6 Å². The van der Waals surface area contributed by atoms with Gasteiger partial charge in [0.2, 0.25) is 0 Å². The molecule has 36 heavy (non-hydrogen) atoms. The molecule has 10 heteroatoms. The minimum atomic E-state index is -0.307. The lowest BCUT2D eigenvalue weighted by atomic mass is 9.98. The predicted octanol–water partition coefficient (Wildman–Crippen LogP) is 3.15. The molecule has 3 aliphatic rings. The van der Waals surface area contributed by atoms with Gasteiger partial charge in [0, 0.05) is 49.9 Å². The smallest absolute Gasteiger partial charge is 0.258 e.